The molecule has 1 aromatic heterocycles. The van der Waals surface area contributed by atoms with Crippen molar-refractivity contribution in [2.75, 3.05) is 18.5 Å². The smallest absolute Gasteiger partial charge is 0.407 e. The molecule has 1 saturated heterocycles. The van der Waals surface area contributed by atoms with Crippen LogP contribution in [0.15, 0.2) is 82.7 Å². The van der Waals surface area contributed by atoms with E-state index in [1.165, 1.54) is 46.6 Å². The van der Waals surface area contributed by atoms with Crippen molar-refractivity contribution in [2.24, 2.45) is 0 Å². The van der Waals surface area contributed by atoms with Crippen LogP contribution in [0.5, 0.6) is 5.75 Å². The molecule has 2 aliphatic heterocycles. The van der Waals surface area contributed by atoms with Crippen molar-refractivity contribution in [3.63, 3.8) is 0 Å². The predicted octanol–water partition coefficient (Wildman–Crippen LogP) is 4.66. The molecule has 0 unspecified atom stereocenters. The van der Waals surface area contributed by atoms with Gasteiger partial charge in [-0.2, -0.15) is 0 Å². The van der Waals surface area contributed by atoms with Crippen molar-refractivity contribution >= 4 is 44.8 Å². The Morgan fingerprint density at radius 1 is 1.09 bits per heavy atom. The molecule has 6 rings (SSSR count). The third-order valence-electron chi connectivity index (χ3n) is 7.34. The van der Waals surface area contributed by atoms with Crippen LogP contribution >= 0.6 is 11.3 Å². The van der Waals surface area contributed by atoms with Gasteiger partial charge in [0.2, 0.25) is 9.84 Å². The number of aromatic nitrogens is 1. The number of fused-ring (bicyclic) bond motifs is 2. The van der Waals surface area contributed by atoms with E-state index in [1.807, 2.05) is 24.3 Å². The fraction of sp³-hybridized carbons (Fsp3) is 0.200. The fourth-order valence-electron chi connectivity index (χ4n) is 5.14. The van der Waals surface area contributed by atoms with Crippen LogP contribution in [0, 0.1) is 0 Å². The summed E-state index contributed by atoms with van der Waals surface area (Å²) in [5.74, 6) is -0.360. The number of ether oxygens (including phenoxy) is 1. The highest BCUT2D eigenvalue weighted by Crippen LogP contribution is 2.34. The first-order valence-corrected chi connectivity index (χ1v) is 15.8. The molecule has 3 heterocycles. The lowest BCUT2D eigenvalue weighted by Crippen LogP contribution is -2.37. The van der Waals surface area contributed by atoms with Crippen LogP contribution in [0.4, 0.5) is 10.5 Å². The maximum Gasteiger partial charge on any atom is 0.407 e. The lowest BCUT2D eigenvalue weighted by molar-refractivity contribution is 0.0949. The Labute approximate surface area is 251 Å². The first-order chi connectivity index (χ1) is 20.7. The second kappa shape index (κ2) is 11.5. The molecule has 3 aromatic carbocycles. The zero-order chi connectivity index (χ0) is 30.1. The largest absolute Gasteiger partial charge is 0.491 e. The standard InChI is InChI=1S/C30H26N4O7S2/c35-27(19-9-12-26-24(14-19)33-28(36)23-5-1-2-6-25(23)43(26,39)40)31-15-22-16-32-29(42-22)18-7-10-21(11-8-18)41-17-20-4-3-13-34(20)30(37)38/h1-2,5-12,14,16,20H,3-4,13,15,17H2,(H,31,35)(H,33,36)(H,37,38)/t20-/m0/s1. The van der Waals surface area contributed by atoms with E-state index in [-0.39, 0.29) is 39.2 Å². The summed E-state index contributed by atoms with van der Waals surface area (Å²) in [4.78, 5) is 43.5. The van der Waals surface area contributed by atoms with Crippen molar-refractivity contribution in [1.82, 2.24) is 15.2 Å². The van der Waals surface area contributed by atoms with Crippen LogP contribution in [0.3, 0.4) is 0 Å². The van der Waals surface area contributed by atoms with Gasteiger partial charge in [-0.25, -0.2) is 18.2 Å². The van der Waals surface area contributed by atoms with E-state index in [0.717, 1.165) is 28.3 Å². The second-order valence-corrected chi connectivity index (χ2v) is 13.1. The monoisotopic (exact) mass is 618 g/mol. The Kier molecular flexibility index (Phi) is 7.59. The van der Waals surface area contributed by atoms with Crippen LogP contribution in [0.25, 0.3) is 10.6 Å². The molecule has 1 atom stereocenters. The van der Waals surface area contributed by atoms with E-state index < -0.39 is 27.7 Å². The number of sulfone groups is 1. The highest BCUT2D eigenvalue weighted by molar-refractivity contribution is 7.91. The SMILES string of the molecule is O=C(NCc1cnc(-c2ccc(OC[C@@H]3CCCN3C(=O)O)cc2)s1)c1ccc2c(c1)NC(=O)c1ccccc1S2(=O)=O. The van der Waals surface area contributed by atoms with Gasteiger partial charge in [-0.15, -0.1) is 11.3 Å². The van der Waals surface area contributed by atoms with Crippen molar-refractivity contribution in [2.45, 2.75) is 35.2 Å². The zero-order valence-corrected chi connectivity index (χ0v) is 24.3. The number of amides is 3. The van der Waals surface area contributed by atoms with Crippen molar-refractivity contribution in [3.8, 4) is 16.3 Å². The maximum atomic E-state index is 13.2. The summed E-state index contributed by atoms with van der Waals surface area (Å²) in [7, 11) is -3.96. The predicted molar refractivity (Wildman–Crippen MR) is 158 cm³/mol. The summed E-state index contributed by atoms with van der Waals surface area (Å²) in [6.45, 7) is 1.03. The molecular formula is C30H26N4O7S2. The molecule has 4 aromatic rings. The molecule has 11 nitrogen and oxygen atoms in total. The number of carbonyl (C=O) groups is 3. The molecule has 220 valence electrons. The first-order valence-electron chi connectivity index (χ1n) is 13.5. The third-order valence-corrected chi connectivity index (χ3v) is 10.3. The highest BCUT2D eigenvalue weighted by Gasteiger charge is 2.31. The molecule has 0 saturated carbocycles. The number of thiazole rings is 1. The summed E-state index contributed by atoms with van der Waals surface area (Å²) in [5.41, 5.74) is 1.16. The van der Waals surface area contributed by atoms with Gasteiger partial charge in [-0.1, -0.05) is 12.1 Å². The van der Waals surface area contributed by atoms with Crippen molar-refractivity contribution < 1.29 is 32.6 Å². The van der Waals surface area contributed by atoms with Gasteiger partial charge in [0.15, 0.2) is 0 Å². The van der Waals surface area contributed by atoms with E-state index in [9.17, 15) is 27.9 Å². The quantitative estimate of drug-likeness (QED) is 0.270. The molecule has 13 heteroatoms. The average Bonchev–Trinajstić information content (AvgIpc) is 3.67. The normalized spacial score (nSPS) is 16.9. The van der Waals surface area contributed by atoms with Crippen LogP contribution in [-0.2, 0) is 16.4 Å². The summed E-state index contributed by atoms with van der Waals surface area (Å²) in [5, 5.41) is 15.5. The Balaban J connectivity index is 1.08. The number of carboxylic acid groups (broad SMARTS) is 1. The third kappa shape index (κ3) is 5.68. The number of benzene rings is 3. The van der Waals surface area contributed by atoms with Gasteiger partial charge >= 0.3 is 6.09 Å². The zero-order valence-electron chi connectivity index (χ0n) is 22.6. The lowest BCUT2D eigenvalue weighted by atomic mass is 10.1. The number of nitrogens with one attached hydrogen (secondary N) is 2. The van der Waals surface area contributed by atoms with Gasteiger partial charge in [0.05, 0.1) is 33.6 Å². The number of carbonyl (C=O) groups excluding carboxylic acids is 2. The van der Waals surface area contributed by atoms with E-state index in [1.54, 1.807) is 18.3 Å². The van der Waals surface area contributed by atoms with Crippen LogP contribution < -0.4 is 15.4 Å². The van der Waals surface area contributed by atoms with Gasteiger partial charge in [-0.3, -0.25) is 9.59 Å². The highest BCUT2D eigenvalue weighted by atomic mass is 32.2. The molecule has 3 N–H and O–H groups in total. The molecule has 43 heavy (non-hydrogen) atoms. The fourth-order valence-corrected chi connectivity index (χ4v) is 7.59. The number of anilines is 1. The maximum absolute atomic E-state index is 13.2. The van der Waals surface area contributed by atoms with E-state index in [0.29, 0.717) is 18.9 Å². The van der Waals surface area contributed by atoms with Gasteiger partial charge < -0.3 is 25.4 Å². The average molecular weight is 619 g/mol. The van der Waals surface area contributed by atoms with E-state index in [2.05, 4.69) is 15.6 Å². The van der Waals surface area contributed by atoms with Crippen molar-refractivity contribution in [3.05, 3.63) is 88.9 Å². The van der Waals surface area contributed by atoms with Crippen LogP contribution in [0.2, 0.25) is 0 Å². The first kappa shape index (κ1) is 28.4. The summed E-state index contributed by atoms with van der Waals surface area (Å²) in [6, 6.07) is 17.3. The summed E-state index contributed by atoms with van der Waals surface area (Å²) in [6.07, 6.45) is 2.36. The Morgan fingerprint density at radius 3 is 2.67 bits per heavy atom. The Morgan fingerprint density at radius 2 is 1.88 bits per heavy atom. The lowest BCUT2D eigenvalue weighted by Gasteiger charge is -2.21. The van der Waals surface area contributed by atoms with Crippen LogP contribution in [0.1, 0.15) is 38.4 Å². The molecule has 0 radical (unpaired) electrons. The topological polar surface area (TPSA) is 155 Å². The van der Waals surface area contributed by atoms with Crippen LogP contribution in [-0.4, -0.2) is 60.5 Å². The molecular weight excluding hydrogens is 592 g/mol. The number of hydrogen-bond donors (Lipinski definition) is 3. The Hall–Kier alpha value is -4.75. The number of likely N-dealkylation sites (tertiary alicyclic amines) is 1. The minimum atomic E-state index is -3.96. The summed E-state index contributed by atoms with van der Waals surface area (Å²) < 4.78 is 32.2. The number of rotatable bonds is 7. The van der Waals surface area contributed by atoms with E-state index >= 15 is 0 Å². The van der Waals surface area contributed by atoms with Gasteiger partial charge in [0.1, 0.15) is 17.4 Å². The molecule has 0 spiro atoms. The van der Waals surface area contributed by atoms with Gasteiger partial charge in [0, 0.05) is 28.7 Å². The van der Waals surface area contributed by atoms with E-state index in [4.69, 9.17) is 4.74 Å². The minimum Gasteiger partial charge on any atom is -0.491 e. The Bertz CT molecular complexity index is 1840. The summed E-state index contributed by atoms with van der Waals surface area (Å²) >= 11 is 1.41. The molecule has 1 fully saturated rings. The van der Waals surface area contributed by atoms with Gasteiger partial charge in [0.25, 0.3) is 11.8 Å². The second-order valence-electron chi connectivity index (χ2n) is 10.1. The van der Waals surface area contributed by atoms with Gasteiger partial charge in [-0.05, 0) is 67.4 Å². The number of nitrogens with zero attached hydrogens (tertiary/aromatic N) is 2. The number of hydrogen-bond acceptors (Lipinski definition) is 8. The molecule has 0 bridgehead atoms. The molecule has 3 amide bonds. The minimum absolute atomic E-state index is 0.0452. The van der Waals surface area contributed by atoms with Crippen molar-refractivity contribution in [1.29, 1.82) is 0 Å². The molecule has 2 aliphatic rings. The molecule has 0 aliphatic carbocycles.